The Bertz CT molecular complexity index is 392. The second-order valence-electron chi connectivity index (χ2n) is 6.46. The maximum absolute atomic E-state index is 11.6. The topological polar surface area (TPSA) is 67.4 Å². The molecule has 108 valence electrons. The molecule has 5 nitrogen and oxygen atoms in total. The van der Waals surface area contributed by atoms with Crippen LogP contribution in [0.5, 0.6) is 0 Å². The zero-order valence-electron chi connectivity index (χ0n) is 12.4. The van der Waals surface area contributed by atoms with Crippen LogP contribution >= 0.6 is 0 Å². The highest BCUT2D eigenvalue weighted by atomic mass is 16.6. The maximum Gasteiger partial charge on any atom is 0.407 e. The third-order valence-corrected chi connectivity index (χ3v) is 2.58. The lowest BCUT2D eigenvalue weighted by Crippen LogP contribution is -2.34. The minimum atomic E-state index is -0.488. The van der Waals surface area contributed by atoms with E-state index in [1.54, 1.807) is 0 Å². The van der Waals surface area contributed by atoms with Crippen LogP contribution in [0.25, 0.3) is 0 Å². The van der Waals surface area contributed by atoms with Gasteiger partial charge >= 0.3 is 6.09 Å². The third kappa shape index (κ3) is 5.77. The lowest BCUT2D eigenvalue weighted by atomic mass is 10.0. The molecule has 0 unspecified atom stereocenters. The van der Waals surface area contributed by atoms with E-state index in [2.05, 4.69) is 10.6 Å². The minimum absolute atomic E-state index is 0.0118. The van der Waals surface area contributed by atoms with E-state index in [4.69, 9.17) is 4.74 Å². The van der Waals surface area contributed by atoms with E-state index < -0.39 is 11.7 Å². The van der Waals surface area contributed by atoms with E-state index in [1.165, 1.54) is 0 Å². The summed E-state index contributed by atoms with van der Waals surface area (Å²) in [4.78, 5) is 23.0. The SMILES string of the molecule is CC1(C)C/C(=C/CCNC(=O)OC(C)(C)C)C(=O)N1. The second-order valence-corrected chi connectivity index (χ2v) is 6.46. The lowest BCUT2D eigenvalue weighted by molar-refractivity contribution is -0.117. The number of alkyl carbamates (subject to hydrolysis) is 1. The van der Waals surface area contributed by atoms with Crippen molar-refractivity contribution in [3.8, 4) is 0 Å². The van der Waals surface area contributed by atoms with Gasteiger partial charge in [0.05, 0.1) is 0 Å². The van der Waals surface area contributed by atoms with E-state index >= 15 is 0 Å². The molecular weight excluding hydrogens is 244 g/mol. The van der Waals surface area contributed by atoms with E-state index in [1.807, 2.05) is 40.7 Å². The zero-order chi connectivity index (χ0) is 14.7. The number of ether oxygens (including phenoxy) is 1. The Morgan fingerprint density at radius 1 is 1.47 bits per heavy atom. The van der Waals surface area contributed by atoms with Crippen LogP contribution in [-0.4, -0.2) is 29.7 Å². The van der Waals surface area contributed by atoms with Crippen molar-refractivity contribution in [2.75, 3.05) is 6.54 Å². The lowest BCUT2D eigenvalue weighted by Gasteiger charge is -2.19. The molecule has 0 aromatic carbocycles. The molecule has 1 saturated heterocycles. The summed E-state index contributed by atoms with van der Waals surface area (Å²) in [5.41, 5.74) is 0.135. The first kappa shape index (κ1) is 15.5. The van der Waals surface area contributed by atoms with Crippen molar-refractivity contribution in [2.45, 2.75) is 58.6 Å². The second kappa shape index (κ2) is 5.63. The van der Waals surface area contributed by atoms with Crippen molar-refractivity contribution in [3.63, 3.8) is 0 Å². The van der Waals surface area contributed by atoms with Gasteiger partial charge in [-0.3, -0.25) is 4.79 Å². The largest absolute Gasteiger partial charge is 0.444 e. The Balaban J connectivity index is 2.32. The molecule has 1 aliphatic rings. The molecule has 0 radical (unpaired) electrons. The van der Waals surface area contributed by atoms with Crippen molar-refractivity contribution in [2.24, 2.45) is 0 Å². The summed E-state index contributed by atoms with van der Waals surface area (Å²) >= 11 is 0. The molecule has 1 rings (SSSR count). The van der Waals surface area contributed by atoms with Crippen molar-refractivity contribution >= 4 is 12.0 Å². The first-order chi connectivity index (χ1) is 8.59. The van der Waals surface area contributed by atoms with Crippen molar-refractivity contribution < 1.29 is 14.3 Å². The van der Waals surface area contributed by atoms with Crippen LogP contribution in [0.2, 0.25) is 0 Å². The van der Waals surface area contributed by atoms with Crippen molar-refractivity contribution in [1.82, 2.24) is 10.6 Å². The average molecular weight is 268 g/mol. The summed E-state index contributed by atoms with van der Waals surface area (Å²) in [7, 11) is 0. The van der Waals surface area contributed by atoms with Gasteiger partial charge in [-0.05, 0) is 41.0 Å². The molecule has 5 heteroatoms. The Kier molecular flexibility index (Phi) is 4.61. The number of carbonyl (C=O) groups excluding carboxylic acids is 2. The fourth-order valence-corrected chi connectivity index (χ4v) is 1.89. The molecule has 0 saturated carbocycles. The Morgan fingerprint density at radius 2 is 2.11 bits per heavy atom. The summed E-state index contributed by atoms with van der Waals surface area (Å²) in [5.74, 6) is -0.0118. The van der Waals surface area contributed by atoms with E-state index in [0.717, 1.165) is 12.0 Å². The molecule has 0 spiro atoms. The van der Waals surface area contributed by atoms with E-state index in [-0.39, 0.29) is 11.4 Å². The van der Waals surface area contributed by atoms with Gasteiger partial charge in [-0.25, -0.2) is 4.79 Å². The molecule has 0 aromatic rings. The monoisotopic (exact) mass is 268 g/mol. The number of rotatable bonds is 3. The molecule has 2 amide bonds. The Labute approximate surface area is 114 Å². The fraction of sp³-hybridized carbons (Fsp3) is 0.714. The highest BCUT2D eigenvalue weighted by Gasteiger charge is 2.31. The minimum Gasteiger partial charge on any atom is -0.444 e. The predicted octanol–water partition coefficient (Wildman–Crippen LogP) is 2.13. The standard InChI is InChI=1S/C14H24N2O3/c1-13(2,3)19-12(18)15-8-6-7-10-9-14(4,5)16-11(10)17/h7H,6,8-9H2,1-5H3,(H,15,18)(H,16,17)/b10-7-. The predicted molar refractivity (Wildman–Crippen MR) is 73.8 cm³/mol. The van der Waals surface area contributed by atoms with Gasteiger partial charge < -0.3 is 15.4 Å². The summed E-state index contributed by atoms with van der Waals surface area (Å²) < 4.78 is 5.11. The first-order valence-electron chi connectivity index (χ1n) is 6.57. The number of hydrogen-bond acceptors (Lipinski definition) is 3. The molecular formula is C14H24N2O3. The number of carbonyl (C=O) groups is 2. The smallest absolute Gasteiger partial charge is 0.407 e. The average Bonchev–Trinajstić information content (AvgIpc) is 2.44. The van der Waals surface area contributed by atoms with Crippen LogP contribution in [0.1, 0.15) is 47.5 Å². The van der Waals surface area contributed by atoms with Gasteiger partial charge in [-0.2, -0.15) is 0 Å². The molecule has 19 heavy (non-hydrogen) atoms. The molecule has 2 N–H and O–H groups in total. The quantitative estimate of drug-likeness (QED) is 0.608. The van der Waals surface area contributed by atoms with Crippen LogP contribution in [0.15, 0.2) is 11.6 Å². The van der Waals surface area contributed by atoms with Gasteiger partial charge in [0.1, 0.15) is 5.60 Å². The van der Waals surface area contributed by atoms with Crippen molar-refractivity contribution in [3.05, 3.63) is 11.6 Å². The van der Waals surface area contributed by atoms with E-state index in [0.29, 0.717) is 13.0 Å². The normalized spacial score (nSPS) is 20.3. The van der Waals surface area contributed by atoms with Crippen LogP contribution in [-0.2, 0) is 9.53 Å². The van der Waals surface area contributed by atoms with Gasteiger partial charge in [0, 0.05) is 24.1 Å². The van der Waals surface area contributed by atoms with Gasteiger partial charge in [0.2, 0.25) is 5.91 Å². The van der Waals surface area contributed by atoms with E-state index in [9.17, 15) is 9.59 Å². The first-order valence-corrected chi connectivity index (χ1v) is 6.57. The molecule has 1 heterocycles. The Hall–Kier alpha value is -1.52. The van der Waals surface area contributed by atoms with Crippen LogP contribution in [0.3, 0.4) is 0 Å². The third-order valence-electron chi connectivity index (χ3n) is 2.58. The zero-order valence-corrected chi connectivity index (χ0v) is 12.4. The van der Waals surface area contributed by atoms with Gasteiger partial charge in [-0.1, -0.05) is 6.08 Å². The van der Waals surface area contributed by atoms with Gasteiger partial charge in [0.15, 0.2) is 0 Å². The molecule has 1 aliphatic heterocycles. The highest BCUT2D eigenvalue weighted by molar-refractivity contribution is 5.96. The summed E-state index contributed by atoms with van der Waals surface area (Å²) in [6, 6.07) is 0. The molecule has 1 fully saturated rings. The molecule has 0 aliphatic carbocycles. The van der Waals surface area contributed by atoms with Crippen LogP contribution in [0.4, 0.5) is 4.79 Å². The fourth-order valence-electron chi connectivity index (χ4n) is 1.89. The number of nitrogens with one attached hydrogen (secondary N) is 2. The van der Waals surface area contributed by atoms with Crippen molar-refractivity contribution in [1.29, 1.82) is 0 Å². The summed E-state index contributed by atoms with van der Waals surface area (Å²) in [6.07, 6.45) is 2.79. The summed E-state index contributed by atoms with van der Waals surface area (Å²) in [6.45, 7) is 9.90. The maximum atomic E-state index is 11.6. The number of hydrogen-bond donors (Lipinski definition) is 2. The number of amides is 2. The molecule has 0 aromatic heterocycles. The van der Waals surface area contributed by atoms with Crippen LogP contribution in [0, 0.1) is 0 Å². The molecule has 0 bridgehead atoms. The van der Waals surface area contributed by atoms with Gasteiger partial charge in [0.25, 0.3) is 0 Å². The summed E-state index contributed by atoms with van der Waals surface area (Å²) in [5, 5.41) is 5.57. The molecule has 0 atom stereocenters. The van der Waals surface area contributed by atoms with Gasteiger partial charge in [-0.15, -0.1) is 0 Å². The highest BCUT2D eigenvalue weighted by Crippen LogP contribution is 2.23. The Morgan fingerprint density at radius 3 is 2.58 bits per heavy atom. The van der Waals surface area contributed by atoms with Crippen LogP contribution < -0.4 is 10.6 Å².